The SMILES string of the molecule is CC1(C)OB(c2cccc(-c3c4oc5ccccc5c4nc4c3oc3ccccc34)c2)OC1(C)C. The summed E-state index contributed by atoms with van der Waals surface area (Å²) in [7, 11) is -0.459. The highest BCUT2D eigenvalue weighted by atomic mass is 16.7. The molecule has 1 saturated heterocycles. The number of benzene rings is 3. The molecule has 0 unspecified atom stereocenters. The van der Waals surface area contributed by atoms with Crippen molar-refractivity contribution in [1.82, 2.24) is 4.98 Å². The molecular formula is C29H24BNO4. The quantitative estimate of drug-likeness (QED) is 0.264. The van der Waals surface area contributed by atoms with Gasteiger partial charge in [0.2, 0.25) is 0 Å². The van der Waals surface area contributed by atoms with Crippen molar-refractivity contribution >= 4 is 56.7 Å². The molecule has 6 aromatic rings. The Morgan fingerprint density at radius 2 is 1.20 bits per heavy atom. The van der Waals surface area contributed by atoms with Crippen LogP contribution in [0.5, 0.6) is 0 Å². The lowest BCUT2D eigenvalue weighted by Gasteiger charge is -2.32. The van der Waals surface area contributed by atoms with Crippen LogP contribution in [-0.2, 0) is 9.31 Å². The fraction of sp³-hybridized carbons (Fsp3) is 0.207. The first-order valence-corrected chi connectivity index (χ1v) is 11.9. The minimum Gasteiger partial charge on any atom is -0.454 e. The fourth-order valence-electron chi connectivity index (χ4n) is 4.92. The predicted molar refractivity (Wildman–Crippen MR) is 140 cm³/mol. The Hall–Kier alpha value is -3.61. The van der Waals surface area contributed by atoms with E-state index in [4.69, 9.17) is 23.1 Å². The Bertz CT molecular complexity index is 1670. The van der Waals surface area contributed by atoms with E-state index in [0.29, 0.717) is 11.2 Å². The summed E-state index contributed by atoms with van der Waals surface area (Å²) in [6.45, 7) is 8.26. The Balaban J connectivity index is 1.52. The largest absolute Gasteiger partial charge is 0.494 e. The highest BCUT2D eigenvalue weighted by Gasteiger charge is 2.51. The third kappa shape index (κ3) is 2.93. The van der Waals surface area contributed by atoms with Crippen molar-refractivity contribution in [2.75, 3.05) is 0 Å². The lowest BCUT2D eigenvalue weighted by Crippen LogP contribution is -2.41. The topological polar surface area (TPSA) is 57.6 Å². The molecule has 172 valence electrons. The maximum atomic E-state index is 6.39. The molecule has 0 radical (unpaired) electrons. The van der Waals surface area contributed by atoms with E-state index >= 15 is 0 Å². The maximum absolute atomic E-state index is 6.39. The van der Waals surface area contributed by atoms with Gasteiger partial charge in [-0.1, -0.05) is 48.5 Å². The first kappa shape index (κ1) is 20.7. The van der Waals surface area contributed by atoms with Gasteiger partial charge in [-0.2, -0.15) is 0 Å². The third-order valence-electron chi connectivity index (χ3n) is 7.52. The van der Waals surface area contributed by atoms with Gasteiger partial charge in [-0.3, -0.25) is 0 Å². The molecular weight excluding hydrogens is 437 g/mol. The lowest BCUT2D eigenvalue weighted by atomic mass is 9.78. The van der Waals surface area contributed by atoms with E-state index in [1.165, 1.54) is 0 Å². The minimum absolute atomic E-state index is 0.414. The molecule has 7 rings (SSSR count). The number of aromatic nitrogens is 1. The molecule has 4 heterocycles. The van der Waals surface area contributed by atoms with Gasteiger partial charge < -0.3 is 18.1 Å². The highest BCUT2D eigenvalue weighted by molar-refractivity contribution is 6.62. The van der Waals surface area contributed by atoms with Crippen molar-refractivity contribution < 1.29 is 18.1 Å². The number of furan rings is 2. The summed E-state index contributed by atoms with van der Waals surface area (Å²) in [5.74, 6) is 0. The molecule has 0 N–H and O–H groups in total. The third-order valence-corrected chi connectivity index (χ3v) is 7.52. The maximum Gasteiger partial charge on any atom is 0.494 e. The van der Waals surface area contributed by atoms with E-state index in [2.05, 4.69) is 39.8 Å². The molecule has 3 aromatic heterocycles. The Morgan fingerprint density at radius 1 is 0.657 bits per heavy atom. The van der Waals surface area contributed by atoms with E-state index < -0.39 is 18.3 Å². The number of hydrogen-bond acceptors (Lipinski definition) is 5. The van der Waals surface area contributed by atoms with Gasteiger partial charge in [-0.25, -0.2) is 4.98 Å². The van der Waals surface area contributed by atoms with Crippen LogP contribution in [0.15, 0.2) is 81.6 Å². The van der Waals surface area contributed by atoms with Crippen LogP contribution >= 0.6 is 0 Å². The fourth-order valence-corrected chi connectivity index (χ4v) is 4.92. The first-order chi connectivity index (χ1) is 16.8. The zero-order valence-electron chi connectivity index (χ0n) is 20.1. The number of fused-ring (bicyclic) bond motifs is 6. The van der Waals surface area contributed by atoms with Crippen LogP contribution in [0.4, 0.5) is 0 Å². The van der Waals surface area contributed by atoms with Gasteiger partial charge in [-0.15, -0.1) is 0 Å². The molecule has 0 spiro atoms. The van der Waals surface area contributed by atoms with Gasteiger partial charge in [0.1, 0.15) is 22.2 Å². The molecule has 0 amide bonds. The number of pyridine rings is 1. The van der Waals surface area contributed by atoms with Crippen LogP contribution in [0.1, 0.15) is 27.7 Å². The van der Waals surface area contributed by atoms with Crippen molar-refractivity contribution in [1.29, 1.82) is 0 Å². The number of nitrogens with zero attached hydrogens (tertiary/aromatic N) is 1. The molecule has 35 heavy (non-hydrogen) atoms. The van der Waals surface area contributed by atoms with Crippen LogP contribution in [-0.4, -0.2) is 23.3 Å². The van der Waals surface area contributed by atoms with Crippen LogP contribution in [0, 0.1) is 0 Å². The summed E-state index contributed by atoms with van der Waals surface area (Å²) in [5.41, 5.74) is 6.66. The molecule has 3 aromatic carbocycles. The van der Waals surface area contributed by atoms with Crippen molar-refractivity contribution in [3.05, 3.63) is 72.8 Å². The molecule has 1 aliphatic rings. The normalized spacial score (nSPS) is 17.3. The molecule has 1 aliphatic heterocycles. The van der Waals surface area contributed by atoms with Gasteiger partial charge in [-0.05, 0) is 63.0 Å². The van der Waals surface area contributed by atoms with Crippen molar-refractivity contribution in [2.24, 2.45) is 0 Å². The molecule has 0 aliphatic carbocycles. The average Bonchev–Trinajstić information content (AvgIpc) is 3.46. The van der Waals surface area contributed by atoms with E-state index in [0.717, 1.165) is 49.6 Å². The van der Waals surface area contributed by atoms with Gasteiger partial charge >= 0.3 is 7.12 Å². The number of para-hydroxylation sites is 2. The van der Waals surface area contributed by atoms with Crippen molar-refractivity contribution in [3.8, 4) is 11.1 Å². The summed E-state index contributed by atoms with van der Waals surface area (Å²) in [6.07, 6.45) is 0. The van der Waals surface area contributed by atoms with E-state index in [-0.39, 0.29) is 0 Å². The summed E-state index contributed by atoms with van der Waals surface area (Å²) >= 11 is 0. The standard InChI is InChI=1S/C29H24BNO4/c1-28(2)29(3,4)35-30(34-28)18-11-9-10-17(16-18)23-26-24(19-12-5-7-14-21(19)32-26)31-25-20-13-6-8-15-22(20)33-27(23)25/h5-16H,1-4H3. The van der Waals surface area contributed by atoms with Crippen LogP contribution < -0.4 is 5.46 Å². The van der Waals surface area contributed by atoms with Gasteiger partial charge in [0.15, 0.2) is 11.2 Å². The van der Waals surface area contributed by atoms with Gasteiger partial charge in [0.25, 0.3) is 0 Å². The Labute approximate surface area is 202 Å². The summed E-state index contributed by atoms with van der Waals surface area (Å²) < 4.78 is 25.4. The Kier molecular flexibility index (Phi) is 4.13. The zero-order valence-corrected chi connectivity index (χ0v) is 20.1. The molecule has 6 heteroatoms. The predicted octanol–water partition coefficient (Wildman–Crippen LogP) is 6.85. The van der Waals surface area contributed by atoms with Gasteiger partial charge in [0, 0.05) is 10.8 Å². The smallest absolute Gasteiger partial charge is 0.454 e. The second-order valence-corrected chi connectivity index (χ2v) is 10.3. The van der Waals surface area contributed by atoms with Crippen molar-refractivity contribution in [2.45, 2.75) is 38.9 Å². The van der Waals surface area contributed by atoms with Gasteiger partial charge in [0.05, 0.1) is 16.8 Å². The number of rotatable bonds is 2. The summed E-state index contributed by atoms with van der Waals surface area (Å²) in [4.78, 5) is 5.04. The minimum atomic E-state index is -0.459. The summed E-state index contributed by atoms with van der Waals surface area (Å²) in [5, 5.41) is 1.97. The van der Waals surface area contributed by atoms with Crippen LogP contribution in [0.3, 0.4) is 0 Å². The second kappa shape index (κ2) is 6.97. The highest BCUT2D eigenvalue weighted by Crippen LogP contribution is 2.43. The van der Waals surface area contributed by atoms with Crippen LogP contribution in [0.25, 0.3) is 55.3 Å². The van der Waals surface area contributed by atoms with E-state index in [1.54, 1.807) is 0 Å². The molecule has 0 bridgehead atoms. The Morgan fingerprint density at radius 3 is 1.77 bits per heavy atom. The van der Waals surface area contributed by atoms with E-state index in [9.17, 15) is 0 Å². The lowest BCUT2D eigenvalue weighted by molar-refractivity contribution is 0.00578. The van der Waals surface area contributed by atoms with Crippen molar-refractivity contribution in [3.63, 3.8) is 0 Å². The van der Waals surface area contributed by atoms with E-state index in [1.807, 2.05) is 60.7 Å². The zero-order chi connectivity index (χ0) is 23.9. The molecule has 0 saturated carbocycles. The summed E-state index contributed by atoms with van der Waals surface area (Å²) in [6, 6.07) is 24.3. The van der Waals surface area contributed by atoms with Crippen LogP contribution in [0.2, 0.25) is 0 Å². The molecule has 1 fully saturated rings. The first-order valence-electron chi connectivity index (χ1n) is 11.9. The second-order valence-electron chi connectivity index (χ2n) is 10.3. The average molecular weight is 461 g/mol. The molecule has 0 atom stereocenters. The molecule has 5 nitrogen and oxygen atoms in total. The number of hydrogen-bond donors (Lipinski definition) is 0. The monoisotopic (exact) mass is 461 g/mol.